The van der Waals surface area contributed by atoms with Gasteiger partial charge in [0.1, 0.15) is 0 Å². The molecule has 1 aromatic heterocycles. The smallest absolute Gasteiger partial charge is 0.0435 e. The lowest BCUT2D eigenvalue weighted by Gasteiger charge is -2.07. The molecule has 0 bridgehead atoms. The summed E-state index contributed by atoms with van der Waals surface area (Å²) in [6.45, 7) is 6.46. The van der Waals surface area contributed by atoms with Crippen LogP contribution >= 0.6 is 0 Å². The van der Waals surface area contributed by atoms with Crippen LogP contribution in [0.5, 0.6) is 0 Å². The van der Waals surface area contributed by atoms with E-state index < -0.39 is 0 Å². The van der Waals surface area contributed by atoms with Crippen molar-refractivity contribution in [1.29, 1.82) is 0 Å². The molecule has 1 nitrogen and oxygen atoms in total. The number of benzene rings is 1. The highest BCUT2D eigenvalue weighted by atomic mass is 14.7. The maximum absolute atomic E-state index is 4.39. The second-order valence-corrected chi connectivity index (χ2v) is 4.49. The normalized spacial score (nSPS) is 10.8. The predicted octanol–water partition coefficient (Wildman–Crippen LogP) is 4.18. The molecule has 0 N–H and O–H groups in total. The minimum Gasteiger partial charge on any atom is -0.261 e. The van der Waals surface area contributed by atoms with Crippen molar-refractivity contribution in [2.24, 2.45) is 0 Å². The number of pyridine rings is 1. The minimum atomic E-state index is 0.477. The van der Waals surface area contributed by atoms with E-state index in [0.717, 1.165) is 5.69 Å². The molecule has 1 aromatic carbocycles. The Kier molecular flexibility index (Phi) is 3.04. The monoisotopic (exact) mass is 211 g/mol. The lowest BCUT2D eigenvalue weighted by Crippen LogP contribution is -1.92. The van der Waals surface area contributed by atoms with Gasteiger partial charge in [0, 0.05) is 11.9 Å². The number of nitrogens with zero attached hydrogens (tertiary/aromatic N) is 1. The Bertz CT molecular complexity index is 486. The topological polar surface area (TPSA) is 12.9 Å². The summed E-state index contributed by atoms with van der Waals surface area (Å²) in [5, 5.41) is 0. The van der Waals surface area contributed by atoms with Crippen LogP contribution in [-0.2, 0) is 0 Å². The first kappa shape index (κ1) is 10.9. The van der Waals surface area contributed by atoms with E-state index in [-0.39, 0.29) is 0 Å². The Morgan fingerprint density at radius 1 is 1.00 bits per heavy atom. The molecule has 0 unspecified atom stereocenters. The Morgan fingerprint density at radius 2 is 1.75 bits per heavy atom. The molecule has 1 heterocycles. The lowest BCUT2D eigenvalue weighted by atomic mass is 10.0. The Labute approximate surface area is 97.2 Å². The van der Waals surface area contributed by atoms with E-state index in [9.17, 15) is 0 Å². The number of hydrogen-bond donors (Lipinski definition) is 0. The summed E-state index contributed by atoms with van der Waals surface area (Å²) in [6.07, 6.45) is 1.90. The van der Waals surface area contributed by atoms with Crippen molar-refractivity contribution in [3.8, 4) is 11.1 Å². The molecule has 82 valence electrons. The van der Waals surface area contributed by atoms with Gasteiger partial charge in [-0.15, -0.1) is 0 Å². The second kappa shape index (κ2) is 4.48. The van der Waals surface area contributed by atoms with Crippen LogP contribution in [0.2, 0.25) is 0 Å². The number of hydrogen-bond acceptors (Lipinski definition) is 1. The van der Waals surface area contributed by atoms with Crippen LogP contribution in [0.1, 0.15) is 31.0 Å². The van der Waals surface area contributed by atoms with Gasteiger partial charge in [0.05, 0.1) is 0 Å². The van der Waals surface area contributed by atoms with Crippen molar-refractivity contribution in [3.05, 3.63) is 53.9 Å². The zero-order chi connectivity index (χ0) is 11.5. The van der Waals surface area contributed by atoms with E-state index in [4.69, 9.17) is 0 Å². The van der Waals surface area contributed by atoms with Crippen LogP contribution in [0, 0.1) is 6.92 Å². The van der Waals surface area contributed by atoms with E-state index in [2.05, 4.69) is 62.2 Å². The first-order valence-corrected chi connectivity index (χ1v) is 5.70. The molecule has 2 aromatic rings. The summed E-state index contributed by atoms with van der Waals surface area (Å²) in [6, 6.07) is 12.8. The molecule has 0 aliphatic heterocycles. The molecular weight excluding hydrogens is 194 g/mol. The largest absolute Gasteiger partial charge is 0.261 e. The lowest BCUT2D eigenvalue weighted by molar-refractivity contribution is 0.823. The highest BCUT2D eigenvalue weighted by molar-refractivity contribution is 5.64. The highest BCUT2D eigenvalue weighted by Gasteiger charge is 2.03. The van der Waals surface area contributed by atoms with Crippen LogP contribution < -0.4 is 0 Å². The molecule has 0 saturated heterocycles. The number of aromatic nitrogens is 1. The van der Waals surface area contributed by atoms with Crippen molar-refractivity contribution in [1.82, 2.24) is 4.98 Å². The molecule has 0 saturated carbocycles. The molecule has 0 fully saturated rings. The van der Waals surface area contributed by atoms with Crippen LogP contribution in [0.3, 0.4) is 0 Å². The average Bonchev–Trinajstić information content (AvgIpc) is 2.29. The molecule has 1 heteroatoms. The third-order valence-corrected chi connectivity index (χ3v) is 2.72. The van der Waals surface area contributed by atoms with Crippen molar-refractivity contribution in [3.63, 3.8) is 0 Å². The Hall–Kier alpha value is -1.63. The van der Waals surface area contributed by atoms with Crippen molar-refractivity contribution in [2.45, 2.75) is 26.7 Å². The summed E-state index contributed by atoms with van der Waals surface area (Å²) in [5.74, 6) is 0.477. The third-order valence-electron chi connectivity index (χ3n) is 2.72. The Balaban J connectivity index is 2.44. The fourth-order valence-corrected chi connectivity index (χ4v) is 1.77. The van der Waals surface area contributed by atoms with E-state index in [1.807, 2.05) is 6.20 Å². The summed E-state index contributed by atoms with van der Waals surface area (Å²) < 4.78 is 0. The quantitative estimate of drug-likeness (QED) is 0.726. The van der Waals surface area contributed by atoms with Crippen molar-refractivity contribution in [2.75, 3.05) is 0 Å². The first-order valence-electron chi connectivity index (χ1n) is 5.70. The zero-order valence-electron chi connectivity index (χ0n) is 10.1. The molecule has 0 aliphatic carbocycles. The Morgan fingerprint density at radius 3 is 2.44 bits per heavy atom. The molecule has 0 radical (unpaired) electrons. The van der Waals surface area contributed by atoms with Gasteiger partial charge in [-0.2, -0.15) is 0 Å². The van der Waals surface area contributed by atoms with Gasteiger partial charge in [0.15, 0.2) is 0 Å². The van der Waals surface area contributed by atoms with Crippen LogP contribution in [0.15, 0.2) is 42.6 Å². The van der Waals surface area contributed by atoms with Crippen LogP contribution in [-0.4, -0.2) is 4.98 Å². The molecule has 0 atom stereocenters. The molecule has 0 aliphatic rings. The zero-order valence-corrected chi connectivity index (χ0v) is 10.1. The van der Waals surface area contributed by atoms with Gasteiger partial charge in [-0.1, -0.05) is 43.7 Å². The average molecular weight is 211 g/mol. The van der Waals surface area contributed by atoms with Crippen molar-refractivity contribution >= 4 is 0 Å². The summed E-state index contributed by atoms with van der Waals surface area (Å²) in [4.78, 5) is 4.39. The third kappa shape index (κ3) is 2.30. The van der Waals surface area contributed by atoms with Gasteiger partial charge >= 0.3 is 0 Å². The van der Waals surface area contributed by atoms with Gasteiger partial charge in [-0.3, -0.25) is 4.98 Å². The standard InChI is InChI=1S/C15H17N/c1-11(2)15-10-14(7-8-16-15)13-6-4-5-12(3)9-13/h4-11H,1-3H3. The van der Waals surface area contributed by atoms with Gasteiger partial charge in [-0.05, 0) is 36.1 Å². The van der Waals surface area contributed by atoms with E-state index >= 15 is 0 Å². The number of rotatable bonds is 2. The first-order chi connectivity index (χ1) is 7.66. The van der Waals surface area contributed by atoms with Gasteiger partial charge in [0.25, 0.3) is 0 Å². The highest BCUT2D eigenvalue weighted by Crippen LogP contribution is 2.22. The van der Waals surface area contributed by atoms with Gasteiger partial charge in [-0.25, -0.2) is 0 Å². The molecule has 2 rings (SSSR count). The molecule has 0 amide bonds. The van der Waals surface area contributed by atoms with Gasteiger partial charge in [0.2, 0.25) is 0 Å². The maximum atomic E-state index is 4.39. The summed E-state index contributed by atoms with van der Waals surface area (Å²) in [5.41, 5.74) is 4.96. The van der Waals surface area contributed by atoms with Gasteiger partial charge < -0.3 is 0 Å². The van der Waals surface area contributed by atoms with Crippen LogP contribution in [0.25, 0.3) is 11.1 Å². The SMILES string of the molecule is Cc1cccc(-c2ccnc(C(C)C)c2)c1. The maximum Gasteiger partial charge on any atom is 0.0435 e. The summed E-state index contributed by atoms with van der Waals surface area (Å²) in [7, 11) is 0. The minimum absolute atomic E-state index is 0.477. The fraction of sp³-hybridized carbons (Fsp3) is 0.267. The molecule has 0 spiro atoms. The van der Waals surface area contributed by atoms with Crippen molar-refractivity contribution < 1.29 is 0 Å². The van der Waals surface area contributed by atoms with Crippen LogP contribution in [0.4, 0.5) is 0 Å². The summed E-state index contributed by atoms with van der Waals surface area (Å²) >= 11 is 0. The predicted molar refractivity (Wildman–Crippen MR) is 68.5 cm³/mol. The van der Waals surface area contributed by atoms with E-state index in [1.54, 1.807) is 0 Å². The second-order valence-electron chi connectivity index (χ2n) is 4.49. The molecular formula is C15H17N. The molecule has 16 heavy (non-hydrogen) atoms. The number of aryl methyl sites for hydroxylation is 1. The van der Waals surface area contributed by atoms with E-state index in [0.29, 0.717) is 5.92 Å². The fourth-order valence-electron chi connectivity index (χ4n) is 1.77. The van der Waals surface area contributed by atoms with E-state index in [1.165, 1.54) is 16.7 Å².